The molecule has 23 heavy (non-hydrogen) atoms. The fourth-order valence-electron chi connectivity index (χ4n) is 3.95. The summed E-state index contributed by atoms with van der Waals surface area (Å²) in [4.78, 5) is 24.3. The zero-order chi connectivity index (χ0) is 16.8. The van der Waals surface area contributed by atoms with Gasteiger partial charge in [0.25, 0.3) is 0 Å². The Kier molecular flexibility index (Phi) is 4.17. The molecule has 2 aliphatic heterocycles. The first kappa shape index (κ1) is 16.7. The fraction of sp³-hybridized carbons (Fsp3) is 0.882. The van der Waals surface area contributed by atoms with Crippen LogP contribution in [0.1, 0.15) is 46.5 Å². The molecule has 3 fully saturated rings. The molecule has 1 aliphatic carbocycles. The summed E-state index contributed by atoms with van der Waals surface area (Å²) in [5.41, 5.74) is -0.325. The van der Waals surface area contributed by atoms with Gasteiger partial charge in [0.15, 0.2) is 0 Å². The highest BCUT2D eigenvalue weighted by molar-refractivity contribution is 5.82. The molecule has 3 aliphatic rings. The molecule has 2 heterocycles. The lowest BCUT2D eigenvalue weighted by atomic mass is 9.72. The van der Waals surface area contributed by atoms with E-state index >= 15 is 0 Å². The number of epoxide rings is 2. The van der Waals surface area contributed by atoms with Gasteiger partial charge in [0, 0.05) is 0 Å². The molecular formula is C17H26O6. The van der Waals surface area contributed by atoms with Gasteiger partial charge in [-0.3, -0.25) is 9.59 Å². The van der Waals surface area contributed by atoms with Crippen LogP contribution in [0.2, 0.25) is 0 Å². The third-order valence-corrected chi connectivity index (χ3v) is 5.51. The van der Waals surface area contributed by atoms with E-state index in [1.54, 1.807) is 6.92 Å². The molecule has 130 valence electrons. The van der Waals surface area contributed by atoms with Crippen LogP contribution in [0.25, 0.3) is 0 Å². The Bertz CT molecular complexity index is 501. The molecule has 5 unspecified atom stereocenters. The molecule has 0 radical (unpaired) electrons. The second-order valence-electron chi connectivity index (χ2n) is 7.35. The predicted octanol–water partition coefficient (Wildman–Crippen LogP) is 1.84. The van der Waals surface area contributed by atoms with E-state index in [0.29, 0.717) is 19.4 Å². The highest BCUT2D eigenvalue weighted by atomic mass is 16.6. The van der Waals surface area contributed by atoms with Crippen LogP contribution < -0.4 is 0 Å². The highest BCUT2D eigenvalue weighted by Crippen LogP contribution is 2.56. The number of carbonyl (C=O) groups is 2. The van der Waals surface area contributed by atoms with Gasteiger partial charge in [0.05, 0.1) is 49.0 Å². The van der Waals surface area contributed by atoms with Crippen LogP contribution in [-0.4, -0.2) is 49.1 Å². The van der Waals surface area contributed by atoms with Crippen molar-refractivity contribution in [2.24, 2.45) is 11.8 Å². The highest BCUT2D eigenvalue weighted by Gasteiger charge is 2.64. The van der Waals surface area contributed by atoms with Crippen molar-refractivity contribution in [3.8, 4) is 0 Å². The summed E-state index contributed by atoms with van der Waals surface area (Å²) in [6.45, 7) is 6.24. The predicted molar refractivity (Wildman–Crippen MR) is 80.7 cm³/mol. The van der Waals surface area contributed by atoms with Gasteiger partial charge in [0.2, 0.25) is 0 Å². The van der Waals surface area contributed by atoms with Gasteiger partial charge in [-0.25, -0.2) is 0 Å². The number of ether oxygens (including phenoxy) is 4. The minimum absolute atomic E-state index is 0.0369. The summed E-state index contributed by atoms with van der Waals surface area (Å²) in [6, 6.07) is 0. The maximum absolute atomic E-state index is 12.3. The Hall–Kier alpha value is -1.14. The summed E-state index contributed by atoms with van der Waals surface area (Å²) in [5, 5.41) is 0. The van der Waals surface area contributed by atoms with Crippen molar-refractivity contribution in [3.63, 3.8) is 0 Å². The van der Waals surface area contributed by atoms with E-state index in [4.69, 9.17) is 18.9 Å². The standard InChI is InChI=1S/C17H26O6/c1-5-21-15(19)11-9-17(7-6-12-16(2,3)22-12)13(23-17)8-10(11)14(18)20-4/h10-13H,5-9H2,1-4H3. The van der Waals surface area contributed by atoms with Crippen molar-refractivity contribution in [2.75, 3.05) is 13.7 Å². The van der Waals surface area contributed by atoms with Crippen LogP contribution in [0.4, 0.5) is 0 Å². The van der Waals surface area contributed by atoms with E-state index in [9.17, 15) is 9.59 Å². The SMILES string of the molecule is CCOC(=O)C1CC2(CCC3OC3(C)C)OC2CC1C(=O)OC. The lowest BCUT2D eigenvalue weighted by molar-refractivity contribution is -0.161. The van der Waals surface area contributed by atoms with E-state index in [1.165, 1.54) is 7.11 Å². The van der Waals surface area contributed by atoms with Crippen molar-refractivity contribution in [1.82, 2.24) is 0 Å². The van der Waals surface area contributed by atoms with Gasteiger partial charge in [-0.2, -0.15) is 0 Å². The summed E-state index contributed by atoms with van der Waals surface area (Å²) in [7, 11) is 1.35. The van der Waals surface area contributed by atoms with Crippen molar-refractivity contribution < 1.29 is 28.5 Å². The van der Waals surface area contributed by atoms with Gasteiger partial charge in [-0.15, -0.1) is 0 Å². The largest absolute Gasteiger partial charge is 0.469 e. The third kappa shape index (κ3) is 3.11. The lowest BCUT2D eigenvalue weighted by Crippen LogP contribution is -2.41. The number of hydrogen-bond donors (Lipinski definition) is 0. The molecule has 0 aromatic carbocycles. The van der Waals surface area contributed by atoms with E-state index in [2.05, 4.69) is 13.8 Å². The van der Waals surface area contributed by atoms with Gasteiger partial charge in [0.1, 0.15) is 0 Å². The minimum atomic E-state index is -0.478. The van der Waals surface area contributed by atoms with Gasteiger partial charge < -0.3 is 18.9 Å². The smallest absolute Gasteiger partial charge is 0.309 e. The molecule has 5 atom stereocenters. The van der Waals surface area contributed by atoms with Crippen molar-refractivity contribution in [2.45, 2.75) is 69.9 Å². The summed E-state index contributed by atoms with van der Waals surface area (Å²) < 4.78 is 21.6. The number of hydrogen-bond acceptors (Lipinski definition) is 6. The minimum Gasteiger partial charge on any atom is -0.469 e. The van der Waals surface area contributed by atoms with Crippen LogP contribution in [0.3, 0.4) is 0 Å². The molecule has 0 aromatic rings. The first-order valence-corrected chi connectivity index (χ1v) is 8.43. The zero-order valence-corrected chi connectivity index (χ0v) is 14.3. The van der Waals surface area contributed by atoms with E-state index in [1.807, 2.05) is 0 Å². The fourth-order valence-corrected chi connectivity index (χ4v) is 3.95. The van der Waals surface area contributed by atoms with Crippen molar-refractivity contribution >= 4 is 11.9 Å². The van der Waals surface area contributed by atoms with Gasteiger partial charge >= 0.3 is 11.9 Å². The topological polar surface area (TPSA) is 77.7 Å². The summed E-state index contributed by atoms with van der Waals surface area (Å²) in [6.07, 6.45) is 3.15. The number of rotatable bonds is 6. The first-order valence-electron chi connectivity index (χ1n) is 8.43. The molecule has 0 bridgehead atoms. The Morgan fingerprint density at radius 2 is 1.87 bits per heavy atom. The van der Waals surface area contributed by atoms with Gasteiger partial charge in [-0.1, -0.05) is 0 Å². The number of fused-ring (bicyclic) bond motifs is 1. The van der Waals surface area contributed by atoms with Crippen LogP contribution in [0, 0.1) is 11.8 Å². The number of carbonyl (C=O) groups excluding carboxylic acids is 2. The summed E-state index contributed by atoms with van der Waals surface area (Å²) >= 11 is 0. The summed E-state index contributed by atoms with van der Waals surface area (Å²) in [5.74, 6) is -1.61. The van der Waals surface area contributed by atoms with E-state index in [-0.39, 0.29) is 35.3 Å². The normalized spacial score (nSPS) is 40.0. The maximum atomic E-state index is 12.3. The molecule has 1 saturated carbocycles. The lowest BCUT2D eigenvalue weighted by Gasteiger charge is -2.30. The first-order chi connectivity index (χ1) is 10.8. The monoisotopic (exact) mass is 326 g/mol. The average molecular weight is 326 g/mol. The molecule has 6 heteroatoms. The molecule has 0 amide bonds. The number of esters is 2. The Morgan fingerprint density at radius 3 is 2.43 bits per heavy atom. The average Bonchev–Trinajstić information content (AvgIpc) is 3.37. The molecule has 0 N–H and O–H groups in total. The van der Waals surface area contributed by atoms with Crippen LogP contribution >= 0.6 is 0 Å². The molecule has 2 saturated heterocycles. The van der Waals surface area contributed by atoms with Crippen LogP contribution in [-0.2, 0) is 28.5 Å². The molecule has 0 spiro atoms. The Morgan fingerprint density at radius 1 is 1.17 bits per heavy atom. The second kappa shape index (κ2) is 5.74. The molecular weight excluding hydrogens is 300 g/mol. The third-order valence-electron chi connectivity index (χ3n) is 5.51. The molecule has 0 aromatic heterocycles. The maximum Gasteiger partial charge on any atom is 0.309 e. The Balaban J connectivity index is 1.65. The quantitative estimate of drug-likeness (QED) is 0.547. The van der Waals surface area contributed by atoms with E-state index in [0.717, 1.165) is 12.8 Å². The number of methoxy groups -OCH3 is 1. The zero-order valence-electron chi connectivity index (χ0n) is 14.3. The van der Waals surface area contributed by atoms with E-state index < -0.39 is 11.8 Å². The molecule has 6 nitrogen and oxygen atoms in total. The Labute approximate surface area is 136 Å². The van der Waals surface area contributed by atoms with Crippen LogP contribution in [0.15, 0.2) is 0 Å². The second-order valence-corrected chi connectivity index (χ2v) is 7.35. The van der Waals surface area contributed by atoms with Crippen LogP contribution in [0.5, 0.6) is 0 Å². The molecule has 3 rings (SSSR count). The van der Waals surface area contributed by atoms with Crippen molar-refractivity contribution in [3.05, 3.63) is 0 Å². The van der Waals surface area contributed by atoms with Crippen molar-refractivity contribution in [1.29, 1.82) is 0 Å². The van der Waals surface area contributed by atoms with Gasteiger partial charge in [-0.05, 0) is 46.5 Å².